The number of anilines is 1. The zero-order chi connectivity index (χ0) is 23.5. The lowest BCUT2D eigenvalue weighted by Crippen LogP contribution is -2.33. The molecular formula is C16H26N7O7PS. The molecule has 0 spiro atoms. The Balaban J connectivity index is 1.72. The molecule has 1 aliphatic heterocycles. The van der Waals surface area contributed by atoms with E-state index in [1.54, 1.807) is 6.92 Å². The van der Waals surface area contributed by atoms with Gasteiger partial charge in [-0.1, -0.05) is 12.2 Å². The van der Waals surface area contributed by atoms with E-state index in [0.717, 1.165) is 12.8 Å². The summed E-state index contributed by atoms with van der Waals surface area (Å²) < 4.78 is 22.6. The Kier molecular flexibility index (Phi) is 7.95. The fourth-order valence-electron chi connectivity index (χ4n) is 3.18. The van der Waals surface area contributed by atoms with Gasteiger partial charge in [0.2, 0.25) is 5.95 Å². The molecule has 0 amide bonds. The molecule has 0 aromatic carbocycles. The van der Waals surface area contributed by atoms with Crippen molar-refractivity contribution in [3.63, 3.8) is 0 Å². The molecule has 2 aromatic heterocycles. The molecule has 32 heavy (non-hydrogen) atoms. The number of aromatic nitrogens is 4. The maximum atomic E-state index is 10.9. The number of unbranched alkanes of at least 4 members (excludes halogenated alkanes) is 1. The summed E-state index contributed by atoms with van der Waals surface area (Å²) in [6, 6.07) is 0. The highest BCUT2D eigenvalue weighted by Crippen LogP contribution is 2.38. The van der Waals surface area contributed by atoms with Crippen LogP contribution in [0.25, 0.3) is 11.2 Å². The van der Waals surface area contributed by atoms with E-state index in [1.165, 1.54) is 10.9 Å². The van der Waals surface area contributed by atoms with Gasteiger partial charge in [-0.3, -0.25) is 14.1 Å². The molecule has 3 heterocycles. The van der Waals surface area contributed by atoms with Crippen molar-refractivity contribution in [3.8, 4) is 0 Å². The summed E-state index contributed by atoms with van der Waals surface area (Å²) in [6.07, 6.45) is -2.10. The van der Waals surface area contributed by atoms with Crippen molar-refractivity contribution in [1.82, 2.24) is 19.5 Å². The molecule has 3 rings (SSSR count). The van der Waals surface area contributed by atoms with E-state index in [4.69, 9.17) is 32.5 Å². The van der Waals surface area contributed by atoms with Gasteiger partial charge in [0.05, 0.1) is 18.8 Å². The first-order valence-corrected chi connectivity index (χ1v) is 11.7. The zero-order valence-corrected chi connectivity index (χ0v) is 18.9. The minimum Gasteiger partial charge on any atom is -0.388 e. The summed E-state index contributed by atoms with van der Waals surface area (Å²) >= 11 is 5.30. The van der Waals surface area contributed by atoms with Crippen molar-refractivity contribution in [2.24, 2.45) is 10.7 Å². The van der Waals surface area contributed by atoms with E-state index in [1.807, 2.05) is 0 Å². The smallest absolute Gasteiger partial charge is 0.388 e. The van der Waals surface area contributed by atoms with Gasteiger partial charge in [-0.25, -0.2) is 14.5 Å². The number of fused-ring (bicyclic) bond motifs is 1. The van der Waals surface area contributed by atoms with Gasteiger partial charge >= 0.3 is 7.82 Å². The summed E-state index contributed by atoms with van der Waals surface area (Å²) in [7, 11) is -4.76. The first-order chi connectivity index (χ1) is 15.1. The Morgan fingerprint density at radius 1 is 1.44 bits per heavy atom. The van der Waals surface area contributed by atoms with Gasteiger partial charge in [-0.2, -0.15) is 0 Å². The molecule has 2 aromatic rings. The minimum atomic E-state index is -4.76. The zero-order valence-electron chi connectivity index (χ0n) is 17.2. The molecule has 4 atom stereocenters. The summed E-state index contributed by atoms with van der Waals surface area (Å²) in [5.41, 5.74) is 6.25. The maximum absolute atomic E-state index is 10.9. The van der Waals surface area contributed by atoms with Crippen molar-refractivity contribution in [2.75, 3.05) is 25.0 Å². The summed E-state index contributed by atoms with van der Waals surface area (Å²) in [6.45, 7) is 2.35. The van der Waals surface area contributed by atoms with Crippen LogP contribution in [0.3, 0.4) is 0 Å². The number of aliphatic hydroxyl groups is 2. The fourth-order valence-corrected chi connectivity index (χ4v) is 3.76. The Bertz CT molecular complexity index is 1070. The van der Waals surface area contributed by atoms with E-state index in [9.17, 15) is 14.8 Å². The van der Waals surface area contributed by atoms with Crippen LogP contribution in [-0.2, 0) is 13.8 Å². The maximum Gasteiger partial charge on any atom is 0.469 e. The molecule has 178 valence electrons. The molecular weight excluding hydrogens is 465 g/mol. The van der Waals surface area contributed by atoms with Gasteiger partial charge in [0.25, 0.3) is 0 Å². The molecule has 0 radical (unpaired) electrons. The molecule has 1 saturated heterocycles. The molecule has 1 aliphatic rings. The largest absolute Gasteiger partial charge is 0.469 e. The molecule has 1 unspecified atom stereocenters. The first-order valence-electron chi connectivity index (χ1n) is 9.76. The summed E-state index contributed by atoms with van der Waals surface area (Å²) in [5, 5.41) is 23.8. The number of aliphatic imine (C=N–C) groups is 1. The summed E-state index contributed by atoms with van der Waals surface area (Å²) in [5.74, 6) is 0.927. The number of nitrogens with one attached hydrogen (secondary N) is 2. The Hall–Kier alpha value is -1.97. The highest BCUT2D eigenvalue weighted by molar-refractivity contribution is 7.71. The van der Waals surface area contributed by atoms with Crippen LogP contribution in [0, 0.1) is 4.64 Å². The number of nitrogens with zero attached hydrogens (tertiary/aromatic N) is 4. The molecule has 0 bridgehead atoms. The number of amidine groups is 1. The van der Waals surface area contributed by atoms with E-state index >= 15 is 0 Å². The topological polar surface area (TPSA) is 213 Å². The average molecular weight is 491 g/mol. The number of nitrogens with two attached hydrogens (primary N) is 1. The third-order valence-electron chi connectivity index (χ3n) is 4.70. The van der Waals surface area contributed by atoms with Gasteiger partial charge in [0.15, 0.2) is 10.9 Å². The van der Waals surface area contributed by atoms with Crippen LogP contribution in [0.15, 0.2) is 11.3 Å². The Labute approximate surface area is 187 Å². The van der Waals surface area contributed by atoms with Crippen molar-refractivity contribution < 1.29 is 33.8 Å². The summed E-state index contributed by atoms with van der Waals surface area (Å²) in [4.78, 5) is 33.3. The molecule has 8 N–H and O–H groups in total. The molecule has 16 heteroatoms. The molecule has 14 nitrogen and oxygen atoms in total. The van der Waals surface area contributed by atoms with Crippen LogP contribution >= 0.6 is 20.0 Å². The highest BCUT2D eigenvalue weighted by atomic mass is 32.1. The normalized spacial score (nSPS) is 24.3. The quantitative estimate of drug-likeness (QED) is 0.0756. The van der Waals surface area contributed by atoms with E-state index in [-0.39, 0.29) is 4.64 Å². The van der Waals surface area contributed by atoms with E-state index < -0.39 is 39.0 Å². The van der Waals surface area contributed by atoms with E-state index in [0.29, 0.717) is 36.0 Å². The second-order valence-electron chi connectivity index (χ2n) is 7.23. The van der Waals surface area contributed by atoms with E-state index in [2.05, 4.69) is 29.8 Å². The van der Waals surface area contributed by atoms with Crippen LogP contribution in [0.4, 0.5) is 5.95 Å². The lowest BCUT2D eigenvalue weighted by Gasteiger charge is -2.17. The minimum absolute atomic E-state index is 0.220. The fraction of sp³-hybridized carbons (Fsp3) is 0.625. The van der Waals surface area contributed by atoms with Crippen molar-refractivity contribution >= 4 is 43.0 Å². The van der Waals surface area contributed by atoms with Gasteiger partial charge in [-0.05, 0) is 19.8 Å². The predicted octanol–water partition coefficient (Wildman–Crippen LogP) is -0.213. The number of rotatable bonds is 10. The number of hydrogen-bond donors (Lipinski definition) is 7. The third-order valence-corrected chi connectivity index (χ3v) is 5.47. The molecule has 0 aliphatic carbocycles. The number of aromatic amines is 1. The second-order valence-corrected chi connectivity index (χ2v) is 8.86. The van der Waals surface area contributed by atoms with Crippen molar-refractivity contribution in [2.45, 2.75) is 44.3 Å². The predicted molar refractivity (Wildman–Crippen MR) is 117 cm³/mol. The third kappa shape index (κ3) is 6.08. The van der Waals surface area contributed by atoms with Crippen LogP contribution in [-0.4, -0.2) is 83.4 Å². The van der Waals surface area contributed by atoms with Gasteiger partial charge in [0.1, 0.15) is 29.5 Å². The van der Waals surface area contributed by atoms with Gasteiger partial charge in [-0.15, -0.1) is 0 Å². The average Bonchev–Trinajstić information content (AvgIpc) is 3.24. The van der Waals surface area contributed by atoms with Crippen LogP contribution < -0.4 is 11.1 Å². The van der Waals surface area contributed by atoms with Crippen LogP contribution in [0.2, 0.25) is 0 Å². The number of hydrogen-bond acceptors (Lipinski definition) is 10. The number of H-pyrrole nitrogens is 1. The number of aliphatic hydroxyl groups excluding tert-OH is 2. The lowest BCUT2D eigenvalue weighted by molar-refractivity contribution is -0.0503. The van der Waals surface area contributed by atoms with Crippen LogP contribution in [0.1, 0.15) is 26.0 Å². The molecule has 1 fully saturated rings. The number of phosphoric ester groups is 1. The first kappa shape index (κ1) is 24.7. The standard InChI is InChI=1S/C16H26N7O7PS/c1-8(17)18-4-2-3-5-19-16-21-13-10(14(32)22-16)20-7-23(13)15-12(25)11(24)9(30-15)6-29-31(26,27)28/h7,9,11-12,15,24-25H,2-6H2,1H3,(H2,17,18)(H2,26,27,28)(H2,19,21,22,32)/t9-,11+,12?,15-/m1/s1. The Morgan fingerprint density at radius 3 is 2.88 bits per heavy atom. The highest BCUT2D eigenvalue weighted by Gasteiger charge is 2.45. The SMILES string of the molecule is CC(N)=NCCCCNc1nc(=S)c2ncn([C@@H]3O[C@H](COP(=O)(O)O)[C@H](O)C3O)c2[nH]1. The monoisotopic (exact) mass is 491 g/mol. The lowest BCUT2D eigenvalue weighted by atomic mass is 10.1. The van der Waals surface area contributed by atoms with Crippen LogP contribution in [0.5, 0.6) is 0 Å². The number of imidazole rings is 1. The Morgan fingerprint density at radius 2 is 2.19 bits per heavy atom. The van der Waals surface area contributed by atoms with Crippen molar-refractivity contribution in [1.29, 1.82) is 0 Å². The van der Waals surface area contributed by atoms with Crippen molar-refractivity contribution in [3.05, 3.63) is 11.0 Å². The molecule has 0 saturated carbocycles. The second kappa shape index (κ2) is 10.3. The van der Waals surface area contributed by atoms with Gasteiger partial charge < -0.3 is 40.8 Å². The van der Waals surface area contributed by atoms with Gasteiger partial charge in [0, 0.05) is 13.1 Å². The number of ether oxygens (including phenoxy) is 1. The number of phosphoric acid groups is 1.